The summed E-state index contributed by atoms with van der Waals surface area (Å²) in [6, 6.07) is 7.10. The quantitative estimate of drug-likeness (QED) is 0.495. The highest BCUT2D eigenvalue weighted by molar-refractivity contribution is 6.40. The van der Waals surface area contributed by atoms with E-state index < -0.39 is 17.7 Å². The van der Waals surface area contributed by atoms with Gasteiger partial charge in [0.25, 0.3) is 5.78 Å². The third-order valence-corrected chi connectivity index (χ3v) is 4.42. The fourth-order valence-corrected chi connectivity index (χ4v) is 3.17. The second-order valence-electron chi connectivity index (χ2n) is 5.99. The first-order valence-corrected chi connectivity index (χ1v) is 8.04. The van der Waals surface area contributed by atoms with Crippen LogP contribution in [0.15, 0.2) is 24.3 Å². The number of benzene rings is 1. The fourth-order valence-electron chi connectivity index (χ4n) is 3.17. The average molecular weight is 318 g/mol. The molecule has 0 spiro atoms. The molecule has 5 heteroatoms. The lowest BCUT2D eigenvalue weighted by atomic mass is 9.77. The highest BCUT2D eigenvalue weighted by Crippen LogP contribution is 2.37. The number of ether oxygens (including phenoxy) is 1. The zero-order valence-corrected chi connectivity index (χ0v) is 13.3. The number of ketones is 1. The predicted octanol–water partition coefficient (Wildman–Crippen LogP) is 3.18. The molecule has 1 N–H and O–H groups in total. The molecule has 0 radical (unpaired) electrons. The molecule has 0 atom stereocenters. The van der Waals surface area contributed by atoms with Gasteiger partial charge in [0, 0.05) is 12.0 Å². The summed E-state index contributed by atoms with van der Waals surface area (Å²) in [5, 5.41) is 8.84. The number of rotatable bonds is 6. The molecule has 0 bridgehead atoms. The van der Waals surface area contributed by atoms with Gasteiger partial charge < -0.3 is 9.84 Å². The molecule has 1 fully saturated rings. The van der Waals surface area contributed by atoms with Crippen LogP contribution in [0.5, 0.6) is 0 Å². The van der Waals surface area contributed by atoms with Crippen molar-refractivity contribution in [2.75, 3.05) is 6.61 Å². The fraction of sp³-hybridized carbons (Fsp3) is 0.500. The Kier molecular flexibility index (Phi) is 5.90. The molecule has 23 heavy (non-hydrogen) atoms. The van der Waals surface area contributed by atoms with E-state index >= 15 is 0 Å². The highest BCUT2D eigenvalue weighted by Gasteiger charge is 2.24. The average Bonchev–Trinajstić information content (AvgIpc) is 2.55. The standard InChI is InChI=1S/C18H22O5/c1-2-23-18(22)17(21)15-9-7-14(8-10-15)13-5-3-12(4-6-13)11-16(19)20/h7-10,12-13H,2-6,11H2,1H3,(H,19,20). The van der Waals surface area contributed by atoms with Gasteiger partial charge in [-0.2, -0.15) is 0 Å². The molecule has 1 aromatic carbocycles. The summed E-state index contributed by atoms with van der Waals surface area (Å²) in [4.78, 5) is 34.0. The maximum Gasteiger partial charge on any atom is 0.379 e. The number of Topliss-reactive ketones (excluding diaryl/α,β-unsaturated/α-hetero) is 1. The molecule has 1 aliphatic carbocycles. The van der Waals surface area contributed by atoms with Crippen molar-refractivity contribution in [2.45, 2.75) is 44.9 Å². The summed E-state index contributed by atoms with van der Waals surface area (Å²) in [6.07, 6.45) is 4.01. The van der Waals surface area contributed by atoms with Crippen molar-refractivity contribution >= 4 is 17.7 Å². The first kappa shape index (κ1) is 17.2. The third-order valence-electron chi connectivity index (χ3n) is 4.42. The summed E-state index contributed by atoms with van der Waals surface area (Å²) in [6.45, 7) is 1.84. The van der Waals surface area contributed by atoms with Crippen LogP contribution in [0.2, 0.25) is 0 Å². The van der Waals surface area contributed by atoms with Gasteiger partial charge in [0.2, 0.25) is 0 Å². The van der Waals surface area contributed by atoms with Gasteiger partial charge in [-0.1, -0.05) is 24.3 Å². The molecule has 0 aliphatic heterocycles. The Morgan fingerprint density at radius 1 is 1.09 bits per heavy atom. The Hall–Kier alpha value is -2.17. The van der Waals surface area contributed by atoms with Gasteiger partial charge in [-0.25, -0.2) is 4.79 Å². The van der Waals surface area contributed by atoms with E-state index in [1.54, 1.807) is 19.1 Å². The van der Waals surface area contributed by atoms with E-state index in [0.29, 0.717) is 11.5 Å². The Labute approximate surface area is 135 Å². The highest BCUT2D eigenvalue weighted by atomic mass is 16.5. The van der Waals surface area contributed by atoms with Gasteiger partial charge in [-0.3, -0.25) is 9.59 Å². The second-order valence-corrected chi connectivity index (χ2v) is 5.99. The number of carboxylic acid groups (broad SMARTS) is 1. The minimum Gasteiger partial charge on any atom is -0.481 e. The van der Waals surface area contributed by atoms with E-state index in [4.69, 9.17) is 9.84 Å². The number of carbonyl (C=O) groups is 3. The van der Waals surface area contributed by atoms with E-state index in [1.807, 2.05) is 12.1 Å². The van der Waals surface area contributed by atoms with Crippen molar-refractivity contribution in [3.63, 3.8) is 0 Å². The van der Waals surface area contributed by atoms with Gasteiger partial charge in [0.1, 0.15) is 0 Å². The first-order chi connectivity index (χ1) is 11.0. The maximum absolute atomic E-state index is 11.8. The lowest BCUT2D eigenvalue weighted by Crippen LogP contribution is -2.18. The second kappa shape index (κ2) is 7.90. The Morgan fingerprint density at radius 2 is 1.70 bits per heavy atom. The molecule has 0 heterocycles. The zero-order valence-electron chi connectivity index (χ0n) is 13.3. The monoisotopic (exact) mass is 318 g/mol. The van der Waals surface area contributed by atoms with Crippen LogP contribution in [-0.4, -0.2) is 29.4 Å². The smallest absolute Gasteiger partial charge is 0.379 e. The van der Waals surface area contributed by atoms with Crippen LogP contribution in [0, 0.1) is 5.92 Å². The summed E-state index contributed by atoms with van der Waals surface area (Å²) in [5.41, 5.74) is 1.48. The van der Waals surface area contributed by atoms with E-state index in [9.17, 15) is 14.4 Å². The molecular weight excluding hydrogens is 296 g/mol. The van der Waals surface area contributed by atoms with Crippen molar-refractivity contribution < 1.29 is 24.2 Å². The van der Waals surface area contributed by atoms with E-state index in [2.05, 4.69) is 0 Å². The van der Waals surface area contributed by atoms with Crippen molar-refractivity contribution in [2.24, 2.45) is 5.92 Å². The normalized spacial score (nSPS) is 20.7. The minimum atomic E-state index is -0.825. The number of aliphatic carboxylic acids is 1. The van der Waals surface area contributed by atoms with E-state index in [0.717, 1.165) is 31.2 Å². The van der Waals surface area contributed by atoms with Crippen LogP contribution >= 0.6 is 0 Å². The number of carbonyl (C=O) groups excluding carboxylic acids is 2. The Balaban J connectivity index is 1.94. The molecule has 1 aliphatic rings. The molecule has 0 unspecified atom stereocenters. The SMILES string of the molecule is CCOC(=O)C(=O)c1ccc(C2CCC(CC(=O)O)CC2)cc1. The number of hydrogen-bond donors (Lipinski definition) is 1. The van der Waals surface area contributed by atoms with Crippen molar-refractivity contribution in [3.05, 3.63) is 35.4 Å². The van der Waals surface area contributed by atoms with Gasteiger partial charge in [0.15, 0.2) is 0 Å². The van der Waals surface area contributed by atoms with Gasteiger partial charge in [-0.15, -0.1) is 0 Å². The van der Waals surface area contributed by atoms with Gasteiger partial charge in [0.05, 0.1) is 6.61 Å². The topological polar surface area (TPSA) is 80.7 Å². The number of carboxylic acids is 1. The lowest BCUT2D eigenvalue weighted by molar-refractivity contribution is -0.138. The summed E-state index contributed by atoms with van der Waals surface area (Å²) in [5.74, 6) is -1.51. The summed E-state index contributed by atoms with van der Waals surface area (Å²) >= 11 is 0. The lowest BCUT2D eigenvalue weighted by Gasteiger charge is -2.28. The minimum absolute atomic E-state index is 0.183. The molecule has 0 saturated heterocycles. The van der Waals surface area contributed by atoms with Gasteiger partial charge in [-0.05, 0) is 50.0 Å². The Bertz CT molecular complexity index is 568. The maximum atomic E-state index is 11.8. The molecule has 5 nitrogen and oxygen atoms in total. The van der Waals surface area contributed by atoms with Crippen LogP contribution in [0.1, 0.15) is 60.9 Å². The molecule has 1 saturated carbocycles. The van der Waals surface area contributed by atoms with E-state index in [-0.39, 0.29) is 18.9 Å². The zero-order chi connectivity index (χ0) is 16.8. The molecular formula is C18H22O5. The van der Waals surface area contributed by atoms with Crippen LogP contribution < -0.4 is 0 Å². The summed E-state index contributed by atoms with van der Waals surface area (Å²) in [7, 11) is 0. The van der Waals surface area contributed by atoms with Crippen LogP contribution in [-0.2, 0) is 14.3 Å². The van der Waals surface area contributed by atoms with Crippen LogP contribution in [0.25, 0.3) is 0 Å². The molecule has 124 valence electrons. The molecule has 0 amide bonds. The van der Waals surface area contributed by atoms with Gasteiger partial charge >= 0.3 is 11.9 Å². The molecule has 0 aromatic heterocycles. The molecule has 2 rings (SSSR count). The number of hydrogen-bond acceptors (Lipinski definition) is 4. The van der Waals surface area contributed by atoms with Crippen molar-refractivity contribution in [1.29, 1.82) is 0 Å². The first-order valence-electron chi connectivity index (χ1n) is 8.04. The van der Waals surface area contributed by atoms with Crippen LogP contribution in [0.4, 0.5) is 0 Å². The van der Waals surface area contributed by atoms with Crippen molar-refractivity contribution in [1.82, 2.24) is 0 Å². The molecule has 1 aromatic rings. The predicted molar refractivity (Wildman–Crippen MR) is 84.4 cm³/mol. The Morgan fingerprint density at radius 3 is 2.22 bits per heavy atom. The van der Waals surface area contributed by atoms with Crippen LogP contribution in [0.3, 0.4) is 0 Å². The summed E-state index contributed by atoms with van der Waals surface area (Å²) < 4.78 is 4.71. The third kappa shape index (κ3) is 4.65. The van der Waals surface area contributed by atoms with Crippen molar-refractivity contribution in [3.8, 4) is 0 Å². The number of esters is 1. The van der Waals surface area contributed by atoms with E-state index in [1.165, 1.54) is 0 Å². The largest absolute Gasteiger partial charge is 0.481 e.